The van der Waals surface area contributed by atoms with Gasteiger partial charge in [0, 0.05) is 0 Å². The normalized spacial score (nSPS) is 10.7. The number of hydrogen-bond acceptors (Lipinski definition) is 3. The minimum absolute atomic E-state index is 0.000321. The van der Waals surface area contributed by atoms with E-state index in [1.165, 1.54) is 0 Å². The van der Waals surface area contributed by atoms with Crippen LogP contribution in [0.1, 0.15) is 6.92 Å². The van der Waals surface area contributed by atoms with Crippen LogP contribution in [0.15, 0.2) is 15.5 Å². The molecule has 0 aromatic carbocycles. The van der Waals surface area contributed by atoms with Crippen LogP contribution in [0.3, 0.4) is 0 Å². The van der Waals surface area contributed by atoms with E-state index in [0.717, 1.165) is 6.20 Å². The topological polar surface area (TPSA) is 46.9 Å². The fourth-order valence-corrected chi connectivity index (χ4v) is 1.55. The molecule has 0 radical (unpaired) electrons. The Morgan fingerprint density at radius 3 is 2.78 bits per heavy atom. The van der Waals surface area contributed by atoms with Crippen LogP contribution >= 0.6 is 15.9 Å². The monoisotopic (exact) mass is 323 g/mol. The van der Waals surface area contributed by atoms with Gasteiger partial charge in [-0.05, 0) is 22.9 Å². The van der Waals surface area contributed by atoms with Gasteiger partial charge in [-0.1, -0.05) is 5.92 Å². The lowest BCUT2D eigenvalue weighted by Gasteiger charge is -2.10. The predicted octanol–water partition coefficient (Wildman–Crippen LogP) is 2.00. The summed E-state index contributed by atoms with van der Waals surface area (Å²) in [6, 6.07) is 0. The molecule has 1 aromatic rings. The molecule has 18 heavy (non-hydrogen) atoms. The first-order valence-electron chi connectivity index (χ1n) is 4.81. The fraction of sp³-hybridized carbons (Fsp3) is 0.400. The quantitative estimate of drug-likeness (QED) is 0.865. The van der Waals surface area contributed by atoms with E-state index in [0.29, 0.717) is 10.4 Å². The fourth-order valence-electron chi connectivity index (χ4n) is 1.10. The van der Waals surface area contributed by atoms with Crippen LogP contribution in [0.2, 0.25) is 0 Å². The van der Waals surface area contributed by atoms with E-state index in [2.05, 4.69) is 38.2 Å². The third-order valence-electron chi connectivity index (χ3n) is 1.86. The Kier molecular flexibility index (Phi) is 4.78. The van der Waals surface area contributed by atoms with Crippen LogP contribution in [0.25, 0.3) is 0 Å². The van der Waals surface area contributed by atoms with Gasteiger partial charge in [-0.25, -0.2) is 4.68 Å². The third-order valence-corrected chi connectivity index (χ3v) is 2.62. The molecule has 0 saturated carbocycles. The number of anilines is 1. The van der Waals surface area contributed by atoms with Gasteiger partial charge in [0.2, 0.25) is 0 Å². The second-order valence-electron chi connectivity index (χ2n) is 3.23. The lowest BCUT2D eigenvalue weighted by molar-refractivity contribution is -0.143. The van der Waals surface area contributed by atoms with E-state index in [-0.39, 0.29) is 11.0 Å². The Hall–Kier alpha value is -1.49. The summed E-state index contributed by atoms with van der Waals surface area (Å²) in [6.45, 7) is 0.509. The second-order valence-corrected chi connectivity index (χ2v) is 4.02. The van der Waals surface area contributed by atoms with Crippen LogP contribution in [0.4, 0.5) is 18.9 Å². The highest BCUT2D eigenvalue weighted by Gasteiger charge is 2.29. The van der Waals surface area contributed by atoms with Gasteiger partial charge in [0.1, 0.15) is 11.0 Å². The van der Waals surface area contributed by atoms with E-state index >= 15 is 0 Å². The molecule has 1 aromatic heterocycles. The Labute approximate surface area is 109 Å². The molecule has 98 valence electrons. The van der Waals surface area contributed by atoms with Crippen LogP contribution in [-0.4, -0.2) is 22.5 Å². The summed E-state index contributed by atoms with van der Waals surface area (Å²) in [5, 5.41) is 6.21. The van der Waals surface area contributed by atoms with Crippen molar-refractivity contribution in [3.63, 3.8) is 0 Å². The molecule has 0 bridgehead atoms. The highest BCUT2D eigenvalue weighted by Crippen LogP contribution is 2.19. The zero-order valence-corrected chi connectivity index (χ0v) is 10.9. The molecule has 1 rings (SSSR count). The maximum absolute atomic E-state index is 12.2. The van der Waals surface area contributed by atoms with E-state index in [1.807, 2.05) is 0 Å². The lowest BCUT2D eigenvalue weighted by Crippen LogP contribution is -2.31. The molecule has 0 aliphatic carbocycles. The first kappa shape index (κ1) is 14.6. The SMILES string of the molecule is CC#CCNc1cnn(CC(F)(F)F)c(=O)c1Br. The van der Waals surface area contributed by atoms with Gasteiger partial charge in [0.15, 0.2) is 0 Å². The van der Waals surface area contributed by atoms with Crippen molar-refractivity contribution in [3.05, 3.63) is 21.0 Å². The molecule has 8 heteroatoms. The number of rotatable bonds is 3. The van der Waals surface area contributed by atoms with Gasteiger partial charge >= 0.3 is 6.18 Å². The van der Waals surface area contributed by atoms with Crippen molar-refractivity contribution in [2.45, 2.75) is 19.6 Å². The summed E-state index contributed by atoms with van der Waals surface area (Å²) >= 11 is 2.94. The van der Waals surface area contributed by atoms with Crippen molar-refractivity contribution in [3.8, 4) is 11.8 Å². The number of halogens is 4. The van der Waals surface area contributed by atoms with E-state index < -0.39 is 18.3 Å². The van der Waals surface area contributed by atoms with Crippen molar-refractivity contribution < 1.29 is 13.2 Å². The zero-order valence-electron chi connectivity index (χ0n) is 9.31. The zero-order chi connectivity index (χ0) is 13.8. The molecular formula is C10H9BrF3N3O. The molecule has 1 heterocycles. The highest BCUT2D eigenvalue weighted by molar-refractivity contribution is 9.10. The summed E-state index contributed by atoms with van der Waals surface area (Å²) in [5.41, 5.74) is -0.539. The van der Waals surface area contributed by atoms with E-state index in [4.69, 9.17) is 0 Å². The summed E-state index contributed by atoms with van der Waals surface area (Å²) in [7, 11) is 0. The maximum Gasteiger partial charge on any atom is 0.408 e. The van der Waals surface area contributed by atoms with E-state index in [1.54, 1.807) is 6.92 Å². The van der Waals surface area contributed by atoms with E-state index in [9.17, 15) is 18.0 Å². The number of alkyl halides is 3. The molecule has 0 unspecified atom stereocenters. The average molecular weight is 324 g/mol. The molecule has 0 fully saturated rings. The summed E-state index contributed by atoms with van der Waals surface area (Å²) < 4.78 is 36.8. The Balaban J connectivity index is 2.97. The number of nitrogens with one attached hydrogen (secondary N) is 1. The van der Waals surface area contributed by atoms with Crippen LogP contribution in [0.5, 0.6) is 0 Å². The number of aromatic nitrogens is 2. The Morgan fingerprint density at radius 2 is 2.22 bits per heavy atom. The molecule has 4 nitrogen and oxygen atoms in total. The number of hydrogen-bond donors (Lipinski definition) is 1. The molecule has 0 saturated heterocycles. The van der Waals surface area contributed by atoms with Gasteiger partial charge in [0.25, 0.3) is 5.56 Å². The first-order chi connectivity index (χ1) is 8.35. The molecule has 1 N–H and O–H groups in total. The van der Waals surface area contributed by atoms with Crippen LogP contribution in [0, 0.1) is 11.8 Å². The van der Waals surface area contributed by atoms with Crippen LogP contribution < -0.4 is 10.9 Å². The standard InChI is InChI=1S/C10H9BrF3N3O/c1-2-3-4-15-7-5-16-17(6-10(12,13)14)9(18)8(7)11/h5,15H,4,6H2,1H3. The predicted molar refractivity (Wildman–Crippen MR) is 64.2 cm³/mol. The summed E-state index contributed by atoms with van der Waals surface area (Å²) in [5.74, 6) is 5.33. The van der Waals surface area contributed by atoms with Crippen molar-refractivity contribution in [2.24, 2.45) is 0 Å². The highest BCUT2D eigenvalue weighted by atomic mass is 79.9. The van der Waals surface area contributed by atoms with Gasteiger partial charge in [0.05, 0.1) is 18.4 Å². The first-order valence-corrected chi connectivity index (χ1v) is 5.60. The Morgan fingerprint density at radius 1 is 1.56 bits per heavy atom. The average Bonchev–Trinajstić information content (AvgIpc) is 2.27. The molecule has 0 atom stereocenters. The molecule has 0 aliphatic heterocycles. The second kappa shape index (κ2) is 5.91. The van der Waals surface area contributed by atoms with Gasteiger partial charge < -0.3 is 5.32 Å². The summed E-state index contributed by atoms with van der Waals surface area (Å²) in [4.78, 5) is 11.6. The smallest absolute Gasteiger partial charge is 0.372 e. The van der Waals surface area contributed by atoms with Crippen molar-refractivity contribution >= 4 is 21.6 Å². The van der Waals surface area contributed by atoms with Gasteiger partial charge in [-0.3, -0.25) is 4.79 Å². The lowest BCUT2D eigenvalue weighted by atomic mass is 10.4. The van der Waals surface area contributed by atoms with Crippen molar-refractivity contribution in [2.75, 3.05) is 11.9 Å². The molecule has 0 aliphatic rings. The van der Waals surface area contributed by atoms with Gasteiger partial charge in [-0.15, -0.1) is 5.92 Å². The van der Waals surface area contributed by atoms with Crippen LogP contribution in [-0.2, 0) is 6.54 Å². The molecule has 0 spiro atoms. The largest absolute Gasteiger partial charge is 0.408 e. The molecule has 0 amide bonds. The molecular weight excluding hydrogens is 315 g/mol. The summed E-state index contributed by atoms with van der Waals surface area (Å²) in [6.07, 6.45) is -3.34. The van der Waals surface area contributed by atoms with Crippen molar-refractivity contribution in [1.29, 1.82) is 0 Å². The minimum atomic E-state index is -4.49. The van der Waals surface area contributed by atoms with Gasteiger partial charge in [-0.2, -0.15) is 18.3 Å². The Bertz CT molecular complexity index is 542. The maximum atomic E-state index is 12.2. The third kappa shape index (κ3) is 4.07. The van der Waals surface area contributed by atoms with Crippen molar-refractivity contribution in [1.82, 2.24) is 9.78 Å². The number of nitrogens with zero attached hydrogens (tertiary/aromatic N) is 2. The minimum Gasteiger partial charge on any atom is -0.372 e.